The number of rotatable bonds is 6. The number of nitrogens with zero attached hydrogens (tertiary/aromatic N) is 1. The molecular formula is C17H16ClN3O4S. The van der Waals surface area contributed by atoms with Gasteiger partial charge in [-0.3, -0.25) is 19.7 Å². The summed E-state index contributed by atoms with van der Waals surface area (Å²) in [5.41, 5.74) is 0.709. The second-order valence-electron chi connectivity index (χ2n) is 5.38. The number of anilines is 2. The van der Waals surface area contributed by atoms with Crippen LogP contribution in [0.5, 0.6) is 0 Å². The number of non-ortho nitro benzene ring substituents is 1. The molecule has 0 spiro atoms. The standard InChI is InChI=1S/C17H16ClN3O4S/c1-10(26-14-6-3-12(4-7-14)19-11(2)22)17(23)20-16-9-13(21(24)25)5-8-15(16)18/h3-10H,1-2H3,(H,19,22)(H,20,23). The smallest absolute Gasteiger partial charge is 0.271 e. The Hall–Kier alpha value is -2.58. The maximum absolute atomic E-state index is 12.3. The fraction of sp³-hybridized carbons (Fsp3) is 0.176. The van der Waals surface area contributed by atoms with Gasteiger partial charge in [0.05, 0.1) is 20.9 Å². The van der Waals surface area contributed by atoms with Gasteiger partial charge in [-0.05, 0) is 37.3 Å². The van der Waals surface area contributed by atoms with Gasteiger partial charge in [0, 0.05) is 29.6 Å². The zero-order valence-corrected chi connectivity index (χ0v) is 15.6. The molecule has 0 saturated carbocycles. The van der Waals surface area contributed by atoms with Crippen molar-refractivity contribution in [3.63, 3.8) is 0 Å². The van der Waals surface area contributed by atoms with Crippen LogP contribution in [0.1, 0.15) is 13.8 Å². The highest BCUT2D eigenvalue weighted by molar-refractivity contribution is 8.00. The lowest BCUT2D eigenvalue weighted by atomic mass is 10.2. The zero-order valence-electron chi connectivity index (χ0n) is 14.0. The summed E-state index contributed by atoms with van der Waals surface area (Å²) in [7, 11) is 0. The molecule has 2 aromatic rings. The van der Waals surface area contributed by atoms with Crippen LogP contribution in [-0.2, 0) is 9.59 Å². The third-order valence-electron chi connectivity index (χ3n) is 3.28. The Morgan fingerprint density at radius 1 is 1.15 bits per heavy atom. The number of nitro groups is 1. The van der Waals surface area contributed by atoms with Crippen LogP contribution in [0, 0.1) is 10.1 Å². The van der Waals surface area contributed by atoms with Crippen LogP contribution in [0.4, 0.5) is 17.1 Å². The van der Waals surface area contributed by atoms with E-state index in [1.54, 1.807) is 31.2 Å². The van der Waals surface area contributed by atoms with E-state index in [9.17, 15) is 19.7 Å². The topological polar surface area (TPSA) is 101 Å². The molecule has 0 bridgehead atoms. The van der Waals surface area contributed by atoms with E-state index < -0.39 is 10.2 Å². The van der Waals surface area contributed by atoms with Crippen molar-refractivity contribution in [2.75, 3.05) is 10.6 Å². The summed E-state index contributed by atoms with van der Waals surface area (Å²) in [6.07, 6.45) is 0. The van der Waals surface area contributed by atoms with Crippen molar-refractivity contribution in [2.45, 2.75) is 24.0 Å². The summed E-state index contributed by atoms with van der Waals surface area (Å²) in [5, 5.41) is 15.9. The maximum Gasteiger partial charge on any atom is 0.271 e. The van der Waals surface area contributed by atoms with Gasteiger partial charge in [-0.1, -0.05) is 11.6 Å². The van der Waals surface area contributed by atoms with Crippen molar-refractivity contribution < 1.29 is 14.5 Å². The van der Waals surface area contributed by atoms with Crippen LogP contribution in [-0.4, -0.2) is 22.0 Å². The van der Waals surface area contributed by atoms with Crippen LogP contribution < -0.4 is 10.6 Å². The highest BCUT2D eigenvalue weighted by Crippen LogP contribution is 2.29. The first-order valence-electron chi connectivity index (χ1n) is 7.55. The Morgan fingerprint density at radius 3 is 2.38 bits per heavy atom. The summed E-state index contributed by atoms with van der Waals surface area (Å²) in [6.45, 7) is 3.14. The molecular weight excluding hydrogens is 378 g/mol. The lowest BCUT2D eigenvalue weighted by Crippen LogP contribution is -2.22. The molecule has 0 aliphatic carbocycles. The molecule has 1 unspecified atom stereocenters. The Morgan fingerprint density at radius 2 is 1.81 bits per heavy atom. The van der Waals surface area contributed by atoms with Gasteiger partial charge in [0.15, 0.2) is 0 Å². The molecule has 136 valence electrons. The van der Waals surface area contributed by atoms with Crippen molar-refractivity contribution >= 4 is 52.2 Å². The second kappa shape index (κ2) is 8.68. The lowest BCUT2D eigenvalue weighted by molar-refractivity contribution is -0.384. The number of hydrogen-bond acceptors (Lipinski definition) is 5. The van der Waals surface area contributed by atoms with Crippen molar-refractivity contribution in [3.05, 3.63) is 57.6 Å². The van der Waals surface area contributed by atoms with Gasteiger partial charge < -0.3 is 10.6 Å². The Labute approximate surface area is 159 Å². The summed E-state index contributed by atoms with van der Waals surface area (Å²) < 4.78 is 0. The molecule has 1 atom stereocenters. The molecule has 2 aromatic carbocycles. The number of hydrogen-bond donors (Lipinski definition) is 2. The van der Waals surface area contributed by atoms with Crippen LogP contribution in [0.3, 0.4) is 0 Å². The SMILES string of the molecule is CC(=O)Nc1ccc(SC(C)C(=O)Nc2cc([N+](=O)[O-])ccc2Cl)cc1. The van der Waals surface area contributed by atoms with E-state index in [1.165, 1.54) is 36.9 Å². The van der Waals surface area contributed by atoms with Crippen LogP contribution >= 0.6 is 23.4 Å². The average Bonchev–Trinajstić information content (AvgIpc) is 2.57. The van der Waals surface area contributed by atoms with Crippen molar-refractivity contribution in [1.29, 1.82) is 0 Å². The molecule has 0 aliphatic heterocycles. The summed E-state index contributed by atoms with van der Waals surface area (Å²) >= 11 is 7.30. The van der Waals surface area contributed by atoms with Crippen LogP contribution in [0.25, 0.3) is 0 Å². The quantitative estimate of drug-likeness (QED) is 0.432. The number of carbonyl (C=O) groups is 2. The predicted octanol–water partition coefficient (Wildman–Crippen LogP) is 4.33. The molecule has 2 amide bonds. The molecule has 0 heterocycles. The van der Waals surface area contributed by atoms with Gasteiger partial charge in [0.2, 0.25) is 11.8 Å². The van der Waals surface area contributed by atoms with Crippen molar-refractivity contribution in [3.8, 4) is 0 Å². The maximum atomic E-state index is 12.3. The minimum atomic E-state index is -0.555. The van der Waals surface area contributed by atoms with Gasteiger partial charge >= 0.3 is 0 Å². The molecule has 2 N–H and O–H groups in total. The Kier molecular flexibility index (Phi) is 6.59. The van der Waals surface area contributed by atoms with Gasteiger partial charge in [0.1, 0.15) is 0 Å². The van der Waals surface area contributed by atoms with Crippen molar-refractivity contribution in [2.24, 2.45) is 0 Å². The molecule has 2 rings (SSSR count). The van der Waals surface area contributed by atoms with Crippen LogP contribution in [0.2, 0.25) is 5.02 Å². The molecule has 0 radical (unpaired) electrons. The average molecular weight is 394 g/mol. The van der Waals surface area contributed by atoms with E-state index in [0.717, 1.165) is 4.90 Å². The molecule has 0 fully saturated rings. The molecule has 9 heteroatoms. The number of amides is 2. The minimum Gasteiger partial charge on any atom is -0.326 e. The number of nitro benzene ring substituents is 1. The molecule has 0 saturated heterocycles. The van der Waals surface area contributed by atoms with Gasteiger partial charge in [-0.25, -0.2) is 0 Å². The summed E-state index contributed by atoms with van der Waals surface area (Å²) in [6, 6.07) is 10.9. The summed E-state index contributed by atoms with van der Waals surface area (Å²) in [5.74, 6) is -0.490. The van der Waals surface area contributed by atoms with E-state index in [1.807, 2.05) is 0 Å². The largest absolute Gasteiger partial charge is 0.326 e. The third-order valence-corrected chi connectivity index (χ3v) is 4.72. The van der Waals surface area contributed by atoms with E-state index in [0.29, 0.717) is 5.69 Å². The Bertz CT molecular complexity index is 842. The number of carbonyl (C=O) groups excluding carboxylic acids is 2. The first-order chi connectivity index (χ1) is 12.3. The normalized spacial score (nSPS) is 11.5. The van der Waals surface area contributed by atoms with Gasteiger partial charge in [-0.15, -0.1) is 11.8 Å². The molecule has 0 aliphatic rings. The number of benzene rings is 2. The van der Waals surface area contributed by atoms with E-state index >= 15 is 0 Å². The second-order valence-corrected chi connectivity index (χ2v) is 7.20. The first kappa shape index (κ1) is 19.7. The molecule has 7 nitrogen and oxygen atoms in total. The van der Waals surface area contributed by atoms with E-state index in [-0.39, 0.29) is 28.2 Å². The number of thioether (sulfide) groups is 1. The fourth-order valence-corrected chi connectivity index (χ4v) is 3.07. The fourth-order valence-electron chi connectivity index (χ4n) is 2.03. The van der Waals surface area contributed by atoms with Crippen LogP contribution in [0.15, 0.2) is 47.4 Å². The monoisotopic (exact) mass is 393 g/mol. The first-order valence-corrected chi connectivity index (χ1v) is 8.81. The highest BCUT2D eigenvalue weighted by atomic mass is 35.5. The Balaban J connectivity index is 2.02. The minimum absolute atomic E-state index is 0.154. The highest BCUT2D eigenvalue weighted by Gasteiger charge is 2.17. The number of nitrogens with one attached hydrogen (secondary N) is 2. The lowest BCUT2D eigenvalue weighted by Gasteiger charge is -2.13. The molecule has 26 heavy (non-hydrogen) atoms. The molecule has 0 aromatic heterocycles. The van der Waals surface area contributed by atoms with E-state index in [2.05, 4.69) is 10.6 Å². The zero-order chi connectivity index (χ0) is 19.3. The van der Waals surface area contributed by atoms with E-state index in [4.69, 9.17) is 11.6 Å². The number of halogens is 1. The predicted molar refractivity (Wildman–Crippen MR) is 103 cm³/mol. The van der Waals surface area contributed by atoms with Crippen molar-refractivity contribution in [1.82, 2.24) is 0 Å². The summed E-state index contributed by atoms with van der Waals surface area (Å²) in [4.78, 5) is 34.5. The third kappa shape index (κ3) is 5.47. The van der Waals surface area contributed by atoms with Gasteiger partial charge in [-0.2, -0.15) is 0 Å². The van der Waals surface area contributed by atoms with Gasteiger partial charge in [0.25, 0.3) is 5.69 Å².